The van der Waals surface area contributed by atoms with Crippen LogP contribution in [0.3, 0.4) is 0 Å². The van der Waals surface area contributed by atoms with Gasteiger partial charge in [-0.25, -0.2) is 0 Å². The fraction of sp³-hybridized carbons (Fsp3) is 0.909. The molecular formula is C11H21NO6. The molecule has 0 aliphatic carbocycles. The molecule has 1 fully saturated rings. The van der Waals surface area contributed by atoms with Gasteiger partial charge in [0, 0.05) is 5.41 Å². The second-order valence-electron chi connectivity index (χ2n) is 5.48. The molecule has 0 aromatic rings. The molecule has 0 spiro atoms. The van der Waals surface area contributed by atoms with Crippen molar-refractivity contribution in [2.45, 2.75) is 51.4 Å². The Hall–Kier alpha value is -0.730. The molecule has 18 heavy (non-hydrogen) atoms. The van der Waals surface area contributed by atoms with Gasteiger partial charge in [0.05, 0.1) is 6.61 Å². The number of carbonyl (C=O) groups excluding carboxylic acids is 1. The van der Waals surface area contributed by atoms with E-state index in [-0.39, 0.29) is 5.91 Å². The molecule has 7 heteroatoms. The van der Waals surface area contributed by atoms with Crippen LogP contribution in [-0.2, 0) is 9.53 Å². The number of hydrogen-bond donors (Lipinski definition) is 5. The fourth-order valence-electron chi connectivity index (χ4n) is 1.62. The van der Waals surface area contributed by atoms with Gasteiger partial charge in [-0.05, 0) is 0 Å². The lowest BCUT2D eigenvalue weighted by atomic mass is 9.92. The van der Waals surface area contributed by atoms with Crippen LogP contribution in [0.4, 0.5) is 0 Å². The molecule has 106 valence electrons. The van der Waals surface area contributed by atoms with Crippen LogP contribution in [0.1, 0.15) is 20.8 Å². The highest BCUT2D eigenvalue weighted by Gasteiger charge is 2.45. The zero-order valence-corrected chi connectivity index (χ0v) is 10.7. The minimum atomic E-state index is -1.48. The fourth-order valence-corrected chi connectivity index (χ4v) is 1.62. The topological polar surface area (TPSA) is 119 Å². The molecule has 5 atom stereocenters. The molecule has 0 radical (unpaired) electrons. The van der Waals surface area contributed by atoms with Crippen LogP contribution in [0.15, 0.2) is 0 Å². The summed E-state index contributed by atoms with van der Waals surface area (Å²) in [6.07, 6.45) is -5.33. The van der Waals surface area contributed by atoms with E-state index in [1.807, 2.05) is 0 Å². The predicted molar refractivity (Wildman–Crippen MR) is 61.4 cm³/mol. The van der Waals surface area contributed by atoms with E-state index in [1.54, 1.807) is 20.8 Å². The third-order valence-corrected chi connectivity index (χ3v) is 2.88. The van der Waals surface area contributed by atoms with Gasteiger partial charge in [-0.2, -0.15) is 0 Å². The van der Waals surface area contributed by atoms with Crippen molar-refractivity contribution in [2.75, 3.05) is 6.61 Å². The molecule has 0 saturated carbocycles. The van der Waals surface area contributed by atoms with Crippen molar-refractivity contribution >= 4 is 5.91 Å². The van der Waals surface area contributed by atoms with Crippen LogP contribution < -0.4 is 5.32 Å². The molecule has 0 bridgehead atoms. The first kappa shape index (κ1) is 15.3. The Balaban J connectivity index is 2.74. The van der Waals surface area contributed by atoms with E-state index in [9.17, 15) is 20.1 Å². The monoisotopic (exact) mass is 263 g/mol. The van der Waals surface area contributed by atoms with Crippen LogP contribution in [0.2, 0.25) is 0 Å². The molecule has 0 aromatic heterocycles. The first-order chi connectivity index (χ1) is 8.18. The lowest BCUT2D eigenvalue weighted by Gasteiger charge is -2.41. The molecule has 1 rings (SSSR count). The van der Waals surface area contributed by atoms with Gasteiger partial charge in [0.2, 0.25) is 5.91 Å². The Morgan fingerprint density at radius 2 is 1.78 bits per heavy atom. The molecule has 1 aliphatic rings. The predicted octanol–water partition coefficient (Wildman–Crippen LogP) is -2.05. The van der Waals surface area contributed by atoms with Crippen LogP contribution in [0.25, 0.3) is 0 Å². The number of aliphatic hydroxyl groups is 4. The SMILES string of the molecule is CC(C)(C)C(=O)N[C@@H]1[C@@H](O)[C@H](O)[C@@H](CO)O[C@H]1O. The van der Waals surface area contributed by atoms with Gasteiger partial charge in [-0.1, -0.05) is 20.8 Å². The van der Waals surface area contributed by atoms with E-state index in [4.69, 9.17) is 9.84 Å². The van der Waals surface area contributed by atoms with Crippen molar-refractivity contribution in [3.8, 4) is 0 Å². The quantitative estimate of drug-likeness (QED) is 0.391. The summed E-state index contributed by atoms with van der Waals surface area (Å²) in [4.78, 5) is 11.8. The molecule has 1 aliphatic heterocycles. The summed E-state index contributed by atoms with van der Waals surface area (Å²) >= 11 is 0. The maximum absolute atomic E-state index is 11.8. The van der Waals surface area contributed by atoms with Gasteiger partial charge in [-0.3, -0.25) is 4.79 Å². The maximum atomic E-state index is 11.8. The van der Waals surface area contributed by atoms with E-state index in [0.717, 1.165) is 0 Å². The summed E-state index contributed by atoms with van der Waals surface area (Å²) in [7, 11) is 0. The summed E-state index contributed by atoms with van der Waals surface area (Å²) in [5, 5.41) is 40.4. The minimum absolute atomic E-state index is 0.385. The number of amides is 1. The number of ether oxygens (including phenoxy) is 1. The van der Waals surface area contributed by atoms with Crippen LogP contribution in [0, 0.1) is 5.41 Å². The largest absolute Gasteiger partial charge is 0.394 e. The maximum Gasteiger partial charge on any atom is 0.225 e. The summed E-state index contributed by atoms with van der Waals surface area (Å²) in [6.45, 7) is 4.50. The lowest BCUT2D eigenvalue weighted by molar-refractivity contribution is -0.254. The zero-order valence-electron chi connectivity index (χ0n) is 10.7. The smallest absolute Gasteiger partial charge is 0.225 e. The Kier molecular flexibility index (Phi) is 4.68. The van der Waals surface area contributed by atoms with Crippen molar-refractivity contribution in [2.24, 2.45) is 5.41 Å². The molecule has 0 unspecified atom stereocenters. The molecular weight excluding hydrogens is 242 g/mol. The second kappa shape index (κ2) is 5.50. The summed E-state index contributed by atoms with van der Waals surface area (Å²) < 4.78 is 4.93. The van der Waals surface area contributed by atoms with Crippen molar-refractivity contribution in [3.63, 3.8) is 0 Å². The number of aliphatic hydroxyl groups excluding tert-OH is 4. The van der Waals surface area contributed by atoms with E-state index >= 15 is 0 Å². The number of carbonyl (C=O) groups is 1. The second-order valence-corrected chi connectivity index (χ2v) is 5.48. The van der Waals surface area contributed by atoms with Crippen molar-refractivity contribution in [1.82, 2.24) is 5.32 Å². The van der Waals surface area contributed by atoms with Crippen LogP contribution >= 0.6 is 0 Å². The van der Waals surface area contributed by atoms with Crippen LogP contribution in [-0.4, -0.2) is 63.6 Å². The van der Waals surface area contributed by atoms with Crippen LogP contribution in [0.5, 0.6) is 0 Å². The summed E-state index contributed by atoms with van der Waals surface area (Å²) in [6, 6.07) is -1.13. The highest BCUT2D eigenvalue weighted by Crippen LogP contribution is 2.21. The number of hydrogen-bond acceptors (Lipinski definition) is 6. The van der Waals surface area contributed by atoms with Crippen molar-refractivity contribution < 1.29 is 30.0 Å². The van der Waals surface area contributed by atoms with E-state index < -0.39 is 42.7 Å². The minimum Gasteiger partial charge on any atom is -0.394 e. The Labute approximate surface area is 105 Å². The normalized spacial score (nSPS) is 37.4. The summed E-state index contributed by atoms with van der Waals surface area (Å²) in [5.41, 5.74) is -0.696. The Morgan fingerprint density at radius 1 is 1.22 bits per heavy atom. The Bertz CT molecular complexity index is 302. The van der Waals surface area contributed by atoms with Gasteiger partial charge in [0.15, 0.2) is 6.29 Å². The number of rotatable bonds is 2. The van der Waals surface area contributed by atoms with E-state index in [0.29, 0.717) is 0 Å². The average molecular weight is 263 g/mol. The molecule has 1 saturated heterocycles. The standard InChI is InChI=1S/C11H21NO6/c1-11(2,3)10(17)12-6-8(15)7(14)5(4-13)18-9(6)16/h5-9,13-16H,4H2,1-3H3,(H,12,17)/t5-,6-,7-,8-,9-/m1/s1. The lowest BCUT2D eigenvalue weighted by Crippen LogP contribution is -2.65. The van der Waals surface area contributed by atoms with Crippen molar-refractivity contribution in [1.29, 1.82) is 0 Å². The third-order valence-electron chi connectivity index (χ3n) is 2.88. The highest BCUT2D eigenvalue weighted by atomic mass is 16.6. The molecule has 7 nitrogen and oxygen atoms in total. The van der Waals surface area contributed by atoms with Gasteiger partial charge in [-0.15, -0.1) is 0 Å². The molecule has 1 heterocycles. The van der Waals surface area contributed by atoms with Gasteiger partial charge in [0.1, 0.15) is 24.4 Å². The highest BCUT2D eigenvalue weighted by molar-refractivity contribution is 5.81. The molecule has 1 amide bonds. The average Bonchev–Trinajstić information content (AvgIpc) is 2.27. The third kappa shape index (κ3) is 3.18. The van der Waals surface area contributed by atoms with Gasteiger partial charge < -0.3 is 30.5 Å². The van der Waals surface area contributed by atoms with E-state index in [1.165, 1.54) is 0 Å². The Morgan fingerprint density at radius 3 is 2.22 bits per heavy atom. The number of nitrogens with one attached hydrogen (secondary N) is 1. The first-order valence-electron chi connectivity index (χ1n) is 5.80. The zero-order chi connectivity index (χ0) is 14.1. The van der Waals surface area contributed by atoms with Gasteiger partial charge in [0.25, 0.3) is 0 Å². The van der Waals surface area contributed by atoms with E-state index in [2.05, 4.69) is 5.32 Å². The first-order valence-corrected chi connectivity index (χ1v) is 5.80. The molecule has 0 aromatic carbocycles. The van der Waals surface area contributed by atoms with Crippen molar-refractivity contribution in [3.05, 3.63) is 0 Å². The summed E-state index contributed by atoms with van der Waals surface area (Å²) in [5.74, 6) is -0.385. The van der Waals surface area contributed by atoms with Gasteiger partial charge >= 0.3 is 0 Å². The molecule has 5 N–H and O–H groups in total.